The van der Waals surface area contributed by atoms with Crippen LogP contribution in [0.5, 0.6) is 0 Å². The standard InChI is InChI=1S/C29H51NO9/c1-20(2)24(31)9-12-36-17-29(18-37-13-10-25(32)21(3)4,19-38-14-11-26(33)22(5)6)30-28(35)16-39-15-27(34)23(7)8/h20-23H,9-19H2,1-8H3,(H,30,35). The van der Waals surface area contributed by atoms with Crippen LogP contribution in [0.25, 0.3) is 0 Å². The summed E-state index contributed by atoms with van der Waals surface area (Å²) in [5, 5.41) is 2.86. The molecule has 0 aromatic rings. The molecule has 0 fully saturated rings. The van der Waals surface area contributed by atoms with Gasteiger partial charge in [-0.05, 0) is 0 Å². The fourth-order valence-corrected chi connectivity index (χ4v) is 3.16. The Bertz CT molecular complexity index is 705. The number of ether oxygens (including phenoxy) is 4. The summed E-state index contributed by atoms with van der Waals surface area (Å²) >= 11 is 0. The zero-order valence-corrected chi connectivity index (χ0v) is 25.3. The fraction of sp³-hybridized carbons (Fsp3) is 0.828. The van der Waals surface area contributed by atoms with Gasteiger partial charge in [-0.25, -0.2) is 0 Å². The van der Waals surface area contributed by atoms with Gasteiger partial charge in [-0.3, -0.25) is 24.0 Å². The van der Waals surface area contributed by atoms with Gasteiger partial charge in [-0.1, -0.05) is 55.4 Å². The Morgan fingerprint density at radius 2 is 0.846 bits per heavy atom. The Kier molecular flexibility index (Phi) is 18.9. The van der Waals surface area contributed by atoms with Crippen LogP contribution >= 0.6 is 0 Å². The van der Waals surface area contributed by atoms with Gasteiger partial charge >= 0.3 is 0 Å². The lowest BCUT2D eigenvalue weighted by atomic mass is 10.0. The molecule has 0 rings (SSSR count). The maximum absolute atomic E-state index is 12.8. The topological polar surface area (TPSA) is 134 Å². The molecule has 0 saturated carbocycles. The lowest BCUT2D eigenvalue weighted by Gasteiger charge is -2.34. The van der Waals surface area contributed by atoms with Gasteiger partial charge in [0, 0.05) is 42.9 Å². The van der Waals surface area contributed by atoms with Gasteiger partial charge in [-0.15, -0.1) is 0 Å². The first-order valence-electron chi connectivity index (χ1n) is 13.9. The van der Waals surface area contributed by atoms with Crippen molar-refractivity contribution in [2.24, 2.45) is 23.7 Å². The molecule has 0 radical (unpaired) electrons. The van der Waals surface area contributed by atoms with Crippen molar-refractivity contribution in [3.63, 3.8) is 0 Å². The Morgan fingerprint density at radius 3 is 1.15 bits per heavy atom. The van der Waals surface area contributed by atoms with Gasteiger partial charge in [0.05, 0.1) is 39.6 Å². The first kappa shape index (κ1) is 37.0. The number of hydrogen-bond donors (Lipinski definition) is 1. The Balaban J connectivity index is 5.49. The van der Waals surface area contributed by atoms with E-state index in [0.717, 1.165) is 0 Å². The highest BCUT2D eigenvalue weighted by atomic mass is 16.5. The quantitative estimate of drug-likeness (QED) is 0.178. The number of carbonyl (C=O) groups excluding carboxylic acids is 5. The summed E-state index contributed by atoms with van der Waals surface area (Å²) in [7, 11) is 0. The number of carbonyl (C=O) groups is 5. The molecule has 0 saturated heterocycles. The lowest BCUT2D eigenvalue weighted by Crippen LogP contribution is -2.59. The maximum atomic E-state index is 12.8. The molecular weight excluding hydrogens is 506 g/mol. The van der Waals surface area contributed by atoms with Gasteiger partial charge in [0.1, 0.15) is 36.1 Å². The molecule has 0 spiro atoms. The second kappa shape index (κ2) is 20.0. The van der Waals surface area contributed by atoms with Gasteiger partial charge < -0.3 is 24.3 Å². The third-order valence-corrected chi connectivity index (χ3v) is 6.07. The minimum Gasteiger partial charge on any atom is -0.378 e. The van der Waals surface area contributed by atoms with E-state index in [2.05, 4.69) is 5.32 Å². The van der Waals surface area contributed by atoms with E-state index in [1.54, 1.807) is 13.8 Å². The summed E-state index contributed by atoms with van der Waals surface area (Å²) in [5.41, 5.74) is -1.18. The third-order valence-electron chi connectivity index (χ3n) is 6.07. The van der Waals surface area contributed by atoms with Crippen LogP contribution in [0.15, 0.2) is 0 Å². The lowest BCUT2D eigenvalue weighted by molar-refractivity contribution is -0.137. The molecule has 0 aliphatic rings. The number of amides is 1. The van der Waals surface area contributed by atoms with Crippen molar-refractivity contribution in [2.45, 2.75) is 80.2 Å². The van der Waals surface area contributed by atoms with Crippen molar-refractivity contribution < 1.29 is 42.9 Å². The minimum atomic E-state index is -1.18. The SMILES string of the molecule is CC(C)C(=O)CCOCC(COCCC(=O)C(C)C)(COCCC(=O)C(C)C)NC(=O)COCC(=O)C(C)C. The number of Topliss-reactive ketones (excluding diaryl/α,β-unsaturated/α-hetero) is 4. The molecule has 0 aromatic heterocycles. The van der Waals surface area contributed by atoms with E-state index in [9.17, 15) is 24.0 Å². The zero-order chi connectivity index (χ0) is 30.0. The molecule has 10 heteroatoms. The summed E-state index contributed by atoms with van der Waals surface area (Å²) in [5.74, 6) is -1.02. The van der Waals surface area contributed by atoms with Crippen LogP contribution in [0, 0.1) is 23.7 Å². The highest BCUT2D eigenvalue weighted by Gasteiger charge is 2.34. The van der Waals surface area contributed by atoms with Gasteiger partial charge in [0.2, 0.25) is 5.91 Å². The molecule has 226 valence electrons. The molecule has 39 heavy (non-hydrogen) atoms. The van der Waals surface area contributed by atoms with Crippen molar-refractivity contribution in [1.82, 2.24) is 5.32 Å². The molecule has 0 bridgehead atoms. The molecule has 0 aliphatic carbocycles. The van der Waals surface area contributed by atoms with E-state index < -0.39 is 11.4 Å². The smallest absolute Gasteiger partial charge is 0.246 e. The minimum absolute atomic E-state index is 0.0364. The average Bonchev–Trinajstić information content (AvgIpc) is 2.86. The summed E-state index contributed by atoms with van der Waals surface area (Å²) < 4.78 is 22.7. The van der Waals surface area contributed by atoms with Gasteiger partial charge in [0.15, 0.2) is 5.78 Å². The van der Waals surface area contributed by atoms with Crippen molar-refractivity contribution in [3.05, 3.63) is 0 Å². The molecular formula is C29H51NO9. The van der Waals surface area contributed by atoms with Crippen molar-refractivity contribution >= 4 is 29.0 Å². The monoisotopic (exact) mass is 557 g/mol. The molecule has 0 atom stereocenters. The normalized spacial score (nSPS) is 12.0. The number of ketones is 4. The summed E-state index contributed by atoms with van der Waals surface area (Å²) in [4.78, 5) is 60.7. The van der Waals surface area contributed by atoms with E-state index in [0.29, 0.717) is 0 Å². The summed E-state index contributed by atoms with van der Waals surface area (Å²) in [6, 6.07) is 0. The first-order chi connectivity index (χ1) is 18.2. The largest absolute Gasteiger partial charge is 0.378 e. The van der Waals surface area contributed by atoms with Crippen molar-refractivity contribution in [1.29, 1.82) is 0 Å². The van der Waals surface area contributed by atoms with Gasteiger partial charge in [-0.2, -0.15) is 0 Å². The zero-order valence-electron chi connectivity index (χ0n) is 25.3. The Labute approximate surface area is 234 Å². The van der Waals surface area contributed by atoms with Crippen molar-refractivity contribution in [2.75, 3.05) is 52.9 Å². The highest BCUT2D eigenvalue weighted by Crippen LogP contribution is 2.12. The second-order valence-electron chi connectivity index (χ2n) is 11.2. The average molecular weight is 558 g/mol. The summed E-state index contributed by atoms with van der Waals surface area (Å²) in [6.07, 6.45) is 0.654. The molecule has 0 aliphatic heterocycles. The van der Waals surface area contributed by atoms with Crippen LogP contribution in [0.4, 0.5) is 0 Å². The molecule has 0 heterocycles. The van der Waals surface area contributed by atoms with Crippen LogP contribution in [0.2, 0.25) is 0 Å². The van der Waals surface area contributed by atoms with Crippen LogP contribution in [-0.4, -0.2) is 87.4 Å². The van der Waals surface area contributed by atoms with E-state index in [1.165, 1.54) is 0 Å². The van der Waals surface area contributed by atoms with Crippen LogP contribution in [0.1, 0.15) is 74.7 Å². The number of nitrogens with one attached hydrogen (secondary N) is 1. The fourth-order valence-electron chi connectivity index (χ4n) is 3.16. The number of rotatable bonds is 24. The molecule has 10 nitrogen and oxygen atoms in total. The van der Waals surface area contributed by atoms with Gasteiger partial charge in [0.25, 0.3) is 0 Å². The second-order valence-corrected chi connectivity index (χ2v) is 11.2. The van der Waals surface area contributed by atoms with Crippen LogP contribution < -0.4 is 5.32 Å². The molecule has 0 unspecified atom stereocenters. The molecule has 1 amide bonds. The predicted octanol–water partition coefficient (Wildman–Crippen LogP) is 2.98. The summed E-state index contributed by atoms with van der Waals surface area (Å²) in [6.45, 7) is 14.2. The Morgan fingerprint density at radius 1 is 0.513 bits per heavy atom. The van der Waals surface area contributed by atoms with E-state index >= 15 is 0 Å². The first-order valence-corrected chi connectivity index (χ1v) is 13.9. The maximum Gasteiger partial charge on any atom is 0.246 e. The third kappa shape index (κ3) is 17.3. The molecule has 0 aromatic carbocycles. The van der Waals surface area contributed by atoms with E-state index in [-0.39, 0.29) is 119 Å². The Hall–Kier alpha value is -2.01. The van der Waals surface area contributed by atoms with Crippen LogP contribution in [0.3, 0.4) is 0 Å². The van der Waals surface area contributed by atoms with Crippen LogP contribution in [-0.2, 0) is 42.9 Å². The molecule has 1 N–H and O–H groups in total. The van der Waals surface area contributed by atoms with Crippen molar-refractivity contribution in [3.8, 4) is 0 Å². The predicted molar refractivity (Wildman–Crippen MR) is 147 cm³/mol. The van der Waals surface area contributed by atoms with E-state index in [1.807, 2.05) is 41.5 Å². The highest BCUT2D eigenvalue weighted by molar-refractivity contribution is 5.83. The van der Waals surface area contributed by atoms with E-state index in [4.69, 9.17) is 18.9 Å². The number of hydrogen-bond acceptors (Lipinski definition) is 9.